The number of rotatable bonds is 6. The van der Waals surface area contributed by atoms with Crippen LogP contribution in [0.4, 0.5) is 16.2 Å². The molecule has 7 heteroatoms. The van der Waals surface area contributed by atoms with Gasteiger partial charge in [0.1, 0.15) is 0 Å². The van der Waals surface area contributed by atoms with Gasteiger partial charge in [0, 0.05) is 24.0 Å². The Morgan fingerprint density at radius 2 is 1.85 bits per heavy atom. The molecule has 0 saturated heterocycles. The van der Waals surface area contributed by atoms with E-state index in [2.05, 4.69) is 28.2 Å². The van der Waals surface area contributed by atoms with Gasteiger partial charge in [-0.2, -0.15) is 0 Å². The van der Waals surface area contributed by atoms with Gasteiger partial charge in [-0.05, 0) is 49.2 Å². The van der Waals surface area contributed by atoms with E-state index >= 15 is 0 Å². The van der Waals surface area contributed by atoms with Crippen molar-refractivity contribution >= 4 is 23.2 Å². The Hall–Kier alpha value is -3.06. The van der Waals surface area contributed by atoms with Crippen molar-refractivity contribution in [1.29, 1.82) is 0 Å². The minimum absolute atomic E-state index is 0.264. The lowest BCUT2D eigenvalue weighted by molar-refractivity contribution is 0.129. The number of hydrazone groups is 1. The molecule has 0 unspecified atom stereocenters. The number of hydrazine groups is 2. The van der Waals surface area contributed by atoms with Gasteiger partial charge in [-0.25, -0.2) is 9.91 Å². The van der Waals surface area contributed by atoms with Gasteiger partial charge in [-0.3, -0.25) is 5.01 Å². The lowest BCUT2D eigenvalue weighted by Crippen LogP contribution is -2.40. The van der Waals surface area contributed by atoms with Gasteiger partial charge in [0.05, 0.1) is 6.54 Å². The predicted molar refractivity (Wildman–Crippen MR) is 109 cm³/mol. The van der Waals surface area contributed by atoms with Crippen LogP contribution in [0, 0.1) is 6.92 Å². The topological polar surface area (TPSA) is 72.0 Å². The Bertz CT molecular complexity index is 817. The van der Waals surface area contributed by atoms with Crippen LogP contribution < -0.4 is 16.2 Å². The minimum Gasteiger partial charge on any atom is -0.308 e. The SMILES string of the molecule is CCCCN1N=C(c2ccc(NC(=O)Nc3ccccc3C)cc2)N(C)N1. The summed E-state index contributed by atoms with van der Waals surface area (Å²) in [5.41, 5.74) is 6.72. The third-order valence-electron chi connectivity index (χ3n) is 4.32. The van der Waals surface area contributed by atoms with Crippen LogP contribution in [0.1, 0.15) is 30.9 Å². The summed E-state index contributed by atoms with van der Waals surface area (Å²) < 4.78 is 0. The summed E-state index contributed by atoms with van der Waals surface area (Å²) in [4.78, 5) is 12.2. The number of benzene rings is 2. The van der Waals surface area contributed by atoms with Gasteiger partial charge < -0.3 is 10.6 Å². The standard InChI is InChI=1S/C20H26N6O/c1-4-5-14-26-23-19(25(3)24-26)16-10-12-17(13-11-16)21-20(27)22-18-9-7-6-8-15(18)2/h6-13,24H,4-5,14H2,1-3H3,(H2,21,22,27). The molecule has 0 spiro atoms. The van der Waals surface area contributed by atoms with E-state index in [9.17, 15) is 4.79 Å². The molecular weight excluding hydrogens is 340 g/mol. The van der Waals surface area contributed by atoms with E-state index in [1.54, 1.807) is 0 Å². The van der Waals surface area contributed by atoms with Crippen molar-refractivity contribution in [2.45, 2.75) is 26.7 Å². The van der Waals surface area contributed by atoms with E-state index in [1.165, 1.54) is 0 Å². The third-order valence-corrected chi connectivity index (χ3v) is 4.32. The Labute approximate surface area is 160 Å². The molecule has 0 aromatic heterocycles. The molecule has 3 N–H and O–H groups in total. The second kappa shape index (κ2) is 8.55. The molecule has 7 nitrogen and oxygen atoms in total. The van der Waals surface area contributed by atoms with Crippen molar-refractivity contribution in [3.63, 3.8) is 0 Å². The van der Waals surface area contributed by atoms with Crippen molar-refractivity contribution in [3.05, 3.63) is 59.7 Å². The van der Waals surface area contributed by atoms with Crippen molar-refractivity contribution in [3.8, 4) is 0 Å². The first-order valence-corrected chi connectivity index (χ1v) is 9.17. The highest BCUT2D eigenvalue weighted by molar-refractivity contribution is 6.01. The largest absolute Gasteiger partial charge is 0.323 e. The van der Waals surface area contributed by atoms with Gasteiger partial charge in [0.25, 0.3) is 0 Å². The number of hydrogen-bond acceptors (Lipinski definition) is 5. The Morgan fingerprint density at radius 1 is 1.11 bits per heavy atom. The molecule has 1 heterocycles. The molecule has 0 radical (unpaired) electrons. The number of carbonyl (C=O) groups excluding carboxylic acids is 1. The first kappa shape index (κ1) is 18.7. The van der Waals surface area contributed by atoms with E-state index in [1.807, 2.05) is 72.6 Å². The predicted octanol–water partition coefficient (Wildman–Crippen LogP) is 3.77. The van der Waals surface area contributed by atoms with Crippen LogP contribution in [-0.4, -0.2) is 35.6 Å². The average Bonchev–Trinajstić information content (AvgIpc) is 3.03. The molecule has 0 saturated carbocycles. The number of unbranched alkanes of at least 4 members (excludes halogenated alkanes) is 1. The number of amides is 2. The van der Waals surface area contributed by atoms with Crippen LogP contribution >= 0.6 is 0 Å². The molecule has 3 rings (SSSR count). The van der Waals surface area contributed by atoms with E-state index in [4.69, 9.17) is 0 Å². The zero-order chi connectivity index (χ0) is 19.2. The summed E-state index contributed by atoms with van der Waals surface area (Å²) in [7, 11) is 1.94. The number of amidine groups is 1. The first-order chi connectivity index (χ1) is 13.1. The summed E-state index contributed by atoms with van der Waals surface area (Å²) in [6.45, 7) is 4.98. The second-order valence-corrected chi connectivity index (χ2v) is 6.53. The van der Waals surface area contributed by atoms with Crippen LogP contribution in [0.25, 0.3) is 0 Å². The monoisotopic (exact) mass is 366 g/mol. The summed E-state index contributed by atoms with van der Waals surface area (Å²) >= 11 is 0. The maximum atomic E-state index is 12.2. The quantitative estimate of drug-likeness (QED) is 0.728. The van der Waals surface area contributed by atoms with Crippen LogP contribution in [0.15, 0.2) is 53.6 Å². The van der Waals surface area contributed by atoms with E-state index in [-0.39, 0.29) is 6.03 Å². The maximum Gasteiger partial charge on any atom is 0.323 e. The minimum atomic E-state index is -0.264. The van der Waals surface area contributed by atoms with Gasteiger partial charge in [-0.1, -0.05) is 31.5 Å². The average molecular weight is 366 g/mol. The van der Waals surface area contributed by atoms with Crippen LogP contribution in [0.2, 0.25) is 0 Å². The molecule has 1 aliphatic rings. The number of aryl methyl sites for hydroxylation is 1. The zero-order valence-corrected chi connectivity index (χ0v) is 16.0. The number of hydrogen-bond donors (Lipinski definition) is 3. The highest BCUT2D eigenvalue weighted by atomic mass is 16.2. The van der Waals surface area contributed by atoms with Crippen molar-refractivity contribution in [1.82, 2.24) is 15.7 Å². The molecule has 2 amide bonds. The van der Waals surface area contributed by atoms with Gasteiger partial charge in [-0.15, -0.1) is 10.6 Å². The molecule has 0 fully saturated rings. The van der Waals surface area contributed by atoms with Crippen LogP contribution in [-0.2, 0) is 0 Å². The van der Waals surface area contributed by atoms with Crippen LogP contribution in [0.3, 0.4) is 0 Å². The Morgan fingerprint density at radius 3 is 2.56 bits per heavy atom. The highest BCUT2D eigenvalue weighted by Gasteiger charge is 2.20. The molecule has 2 aromatic carbocycles. The number of anilines is 2. The van der Waals surface area contributed by atoms with Crippen molar-refractivity contribution in [2.24, 2.45) is 5.10 Å². The van der Waals surface area contributed by atoms with E-state index in [0.717, 1.165) is 47.7 Å². The fourth-order valence-corrected chi connectivity index (χ4v) is 2.78. The summed E-state index contributed by atoms with van der Waals surface area (Å²) in [5.74, 6) is 0.849. The second-order valence-electron chi connectivity index (χ2n) is 6.53. The molecule has 0 aliphatic carbocycles. The molecule has 2 aromatic rings. The van der Waals surface area contributed by atoms with Crippen molar-refractivity contribution in [2.75, 3.05) is 24.2 Å². The van der Waals surface area contributed by atoms with Crippen LogP contribution in [0.5, 0.6) is 0 Å². The summed E-state index contributed by atoms with van der Waals surface area (Å²) in [6.07, 6.45) is 2.20. The number of carbonyl (C=O) groups is 1. The molecule has 142 valence electrons. The van der Waals surface area contributed by atoms with Gasteiger partial charge in [0.15, 0.2) is 5.84 Å². The summed E-state index contributed by atoms with van der Waals surface area (Å²) in [5, 5.41) is 14.1. The summed E-state index contributed by atoms with van der Waals surface area (Å²) in [6, 6.07) is 15.1. The van der Waals surface area contributed by atoms with E-state index < -0.39 is 0 Å². The van der Waals surface area contributed by atoms with Gasteiger partial charge in [0.2, 0.25) is 0 Å². The van der Waals surface area contributed by atoms with E-state index in [0.29, 0.717) is 0 Å². The number of nitrogens with one attached hydrogen (secondary N) is 3. The highest BCUT2D eigenvalue weighted by Crippen LogP contribution is 2.16. The Balaban J connectivity index is 1.62. The smallest absolute Gasteiger partial charge is 0.308 e. The van der Waals surface area contributed by atoms with Gasteiger partial charge >= 0.3 is 6.03 Å². The number of nitrogens with zero attached hydrogens (tertiary/aromatic N) is 3. The number of para-hydroxylation sites is 1. The lowest BCUT2D eigenvalue weighted by atomic mass is 10.2. The Kier molecular flexibility index (Phi) is 5.93. The molecule has 27 heavy (non-hydrogen) atoms. The number of urea groups is 1. The first-order valence-electron chi connectivity index (χ1n) is 9.17. The molecule has 0 bridgehead atoms. The maximum absolute atomic E-state index is 12.2. The molecule has 1 aliphatic heterocycles. The molecular formula is C20H26N6O. The fourth-order valence-electron chi connectivity index (χ4n) is 2.78. The van der Waals surface area contributed by atoms with Crippen molar-refractivity contribution < 1.29 is 4.79 Å². The lowest BCUT2D eigenvalue weighted by Gasteiger charge is -2.17. The fraction of sp³-hybridized carbons (Fsp3) is 0.300. The zero-order valence-electron chi connectivity index (χ0n) is 16.0. The molecule has 0 atom stereocenters. The third kappa shape index (κ3) is 4.77. The normalized spacial score (nSPS) is 13.5.